The van der Waals surface area contributed by atoms with Crippen LogP contribution in [-0.2, 0) is 6.54 Å². The molecule has 0 aliphatic rings. The van der Waals surface area contributed by atoms with Gasteiger partial charge in [0.15, 0.2) is 0 Å². The summed E-state index contributed by atoms with van der Waals surface area (Å²) in [6.45, 7) is 10.6. The minimum absolute atomic E-state index is 0.492. The van der Waals surface area contributed by atoms with Crippen molar-refractivity contribution in [1.82, 2.24) is 15.5 Å². The van der Waals surface area contributed by atoms with E-state index < -0.39 is 0 Å². The Morgan fingerprint density at radius 1 is 1.21 bits per heavy atom. The van der Waals surface area contributed by atoms with E-state index in [9.17, 15) is 0 Å². The Morgan fingerprint density at radius 3 is 2.43 bits per heavy atom. The molecular formula is C10H19N3S. The van der Waals surface area contributed by atoms with Crippen molar-refractivity contribution in [2.75, 3.05) is 6.54 Å². The average molecular weight is 213 g/mol. The number of rotatable bonds is 5. The average Bonchev–Trinajstić information content (AvgIpc) is 2.52. The number of aromatic nitrogens is 2. The van der Waals surface area contributed by atoms with E-state index in [-0.39, 0.29) is 0 Å². The van der Waals surface area contributed by atoms with Gasteiger partial charge in [0, 0.05) is 12.5 Å². The third-order valence-electron chi connectivity index (χ3n) is 1.81. The standard InChI is InChI=1S/C10H19N3S/c1-7(2)5-11-6-9-12-13-10(14-9)8(3)4/h7-8,11H,5-6H2,1-4H3. The Bertz CT molecular complexity index is 268. The number of nitrogens with zero attached hydrogens (tertiary/aromatic N) is 2. The lowest BCUT2D eigenvalue weighted by Gasteiger charge is -2.04. The van der Waals surface area contributed by atoms with Crippen LogP contribution in [0.5, 0.6) is 0 Å². The molecule has 0 aliphatic carbocycles. The van der Waals surface area contributed by atoms with Crippen LogP contribution in [0, 0.1) is 5.92 Å². The van der Waals surface area contributed by atoms with Gasteiger partial charge in [-0.05, 0) is 12.5 Å². The van der Waals surface area contributed by atoms with Crippen molar-refractivity contribution in [2.45, 2.75) is 40.2 Å². The zero-order valence-electron chi connectivity index (χ0n) is 9.37. The molecule has 1 aromatic heterocycles. The first-order valence-electron chi connectivity index (χ1n) is 5.12. The highest BCUT2D eigenvalue weighted by Crippen LogP contribution is 2.18. The predicted octanol–water partition coefficient (Wildman–Crippen LogP) is 2.41. The van der Waals surface area contributed by atoms with Gasteiger partial charge in [0.25, 0.3) is 0 Å². The van der Waals surface area contributed by atoms with Crippen LogP contribution in [0.3, 0.4) is 0 Å². The molecule has 0 fully saturated rings. The van der Waals surface area contributed by atoms with E-state index in [4.69, 9.17) is 0 Å². The molecule has 0 unspecified atom stereocenters. The highest BCUT2D eigenvalue weighted by molar-refractivity contribution is 7.11. The van der Waals surface area contributed by atoms with Crippen molar-refractivity contribution < 1.29 is 0 Å². The minimum Gasteiger partial charge on any atom is -0.310 e. The summed E-state index contributed by atoms with van der Waals surface area (Å²) in [4.78, 5) is 0. The first-order valence-corrected chi connectivity index (χ1v) is 5.94. The normalized spacial score (nSPS) is 11.6. The molecule has 1 N–H and O–H groups in total. The smallest absolute Gasteiger partial charge is 0.131 e. The molecule has 0 bridgehead atoms. The lowest BCUT2D eigenvalue weighted by atomic mass is 10.2. The topological polar surface area (TPSA) is 37.8 Å². The van der Waals surface area contributed by atoms with Gasteiger partial charge < -0.3 is 5.32 Å². The zero-order valence-corrected chi connectivity index (χ0v) is 10.2. The first-order chi connectivity index (χ1) is 6.59. The van der Waals surface area contributed by atoms with E-state index in [2.05, 4.69) is 43.2 Å². The van der Waals surface area contributed by atoms with Gasteiger partial charge >= 0.3 is 0 Å². The Morgan fingerprint density at radius 2 is 1.93 bits per heavy atom. The summed E-state index contributed by atoms with van der Waals surface area (Å²) in [7, 11) is 0. The van der Waals surface area contributed by atoms with Gasteiger partial charge in [0.1, 0.15) is 10.0 Å². The van der Waals surface area contributed by atoms with Crippen molar-refractivity contribution in [2.24, 2.45) is 5.92 Å². The van der Waals surface area contributed by atoms with Gasteiger partial charge in [-0.2, -0.15) is 0 Å². The van der Waals surface area contributed by atoms with Gasteiger partial charge in [-0.25, -0.2) is 0 Å². The Balaban J connectivity index is 2.36. The number of hydrogen-bond donors (Lipinski definition) is 1. The summed E-state index contributed by atoms with van der Waals surface area (Å²) in [5, 5.41) is 13.9. The molecule has 0 amide bonds. The second kappa shape index (κ2) is 5.41. The largest absolute Gasteiger partial charge is 0.310 e. The quantitative estimate of drug-likeness (QED) is 0.816. The highest BCUT2D eigenvalue weighted by atomic mass is 32.1. The summed E-state index contributed by atoms with van der Waals surface area (Å²) in [6.07, 6.45) is 0. The monoisotopic (exact) mass is 213 g/mol. The second-order valence-corrected chi connectivity index (χ2v) is 5.31. The maximum Gasteiger partial charge on any atom is 0.131 e. The van der Waals surface area contributed by atoms with Crippen molar-refractivity contribution >= 4 is 11.3 Å². The number of nitrogens with one attached hydrogen (secondary N) is 1. The van der Waals surface area contributed by atoms with Crippen molar-refractivity contribution in [3.05, 3.63) is 10.0 Å². The molecule has 3 nitrogen and oxygen atoms in total. The van der Waals surface area contributed by atoms with Crippen LogP contribution in [-0.4, -0.2) is 16.7 Å². The van der Waals surface area contributed by atoms with Crippen LogP contribution in [0.25, 0.3) is 0 Å². The molecule has 1 aromatic rings. The minimum atomic E-state index is 0.492. The maximum absolute atomic E-state index is 4.14. The first kappa shape index (κ1) is 11.6. The summed E-state index contributed by atoms with van der Waals surface area (Å²) < 4.78 is 0. The molecule has 1 heterocycles. The summed E-state index contributed by atoms with van der Waals surface area (Å²) >= 11 is 1.71. The maximum atomic E-state index is 4.14. The molecule has 1 rings (SSSR count). The van der Waals surface area contributed by atoms with E-state index in [1.165, 1.54) is 0 Å². The SMILES string of the molecule is CC(C)CNCc1nnc(C(C)C)s1. The molecule has 0 aliphatic heterocycles. The van der Waals surface area contributed by atoms with E-state index in [1.807, 2.05) is 0 Å². The molecule has 4 heteroatoms. The van der Waals surface area contributed by atoms with E-state index in [0.717, 1.165) is 23.1 Å². The summed E-state index contributed by atoms with van der Waals surface area (Å²) in [5.74, 6) is 1.18. The predicted molar refractivity (Wildman–Crippen MR) is 60.5 cm³/mol. The second-order valence-electron chi connectivity index (χ2n) is 4.21. The fraction of sp³-hybridized carbons (Fsp3) is 0.800. The lowest BCUT2D eigenvalue weighted by Crippen LogP contribution is -2.18. The van der Waals surface area contributed by atoms with Crippen LogP contribution in [0.4, 0.5) is 0 Å². The van der Waals surface area contributed by atoms with Crippen molar-refractivity contribution in [3.63, 3.8) is 0 Å². The third-order valence-corrected chi connectivity index (χ3v) is 3.03. The molecule has 80 valence electrons. The highest BCUT2D eigenvalue weighted by Gasteiger charge is 2.06. The summed E-state index contributed by atoms with van der Waals surface area (Å²) in [5.41, 5.74) is 0. The fourth-order valence-electron chi connectivity index (χ4n) is 1.04. The van der Waals surface area contributed by atoms with Crippen LogP contribution >= 0.6 is 11.3 Å². The Hall–Kier alpha value is -0.480. The van der Waals surface area contributed by atoms with Crippen LogP contribution in [0.15, 0.2) is 0 Å². The molecule has 0 spiro atoms. The van der Waals surface area contributed by atoms with Gasteiger partial charge in [0.2, 0.25) is 0 Å². The third kappa shape index (κ3) is 3.72. The molecule has 0 saturated heterocycles. The van der Waals surface area contributed by atoms with E-state index in [1.54, 1.807) is 11.3 Å². The van der Waals surface area contributed by atoms with Crippen LogP contribution in [0.2, 0.25) is 0 Å². The molecule has 0 atom stereocenters. The number of hydrogen-bond acceptors (Lipinski definition) is 4. The van der Waals surface area contributed by atoms with E-state index >= 15 is 0 Å². The van der Waals surface area contributed by atoms with Crippen molar-refractivity contribution in [3.8, 4) is 0 Å². The van der Waals surface area contributed by atoms with Gasteiger partial charge in [0.05, 0.1) is 0 Å². The van der Waals surface area contributed by atoms with Gasteiger partial charge in [-0.3, -0.25) is 0 Å². The van der Waals surface area contributed by atoms with Gasteiger partial charge in [-0.1, -0.05) is 39.0 Å². The molecule has 0 saturated carbocycles. The Kier molecular flexibility index (Phi) is 4.48. The fourth-order valence-corrected chi connectivity index (χ4v) is 1.85. The van der Waals surface area contributed by atoms with Crippen LogP contribution in [0.1, 0.15) is 43.6 Å². The molecular weight excluding hydrogens is 194 g/mol. The van der Waals surface area contributed by atoms with Crippen molar-refractivity contribution in [1.29, 1.82) is 0 Å². The molecule has 14 heavy (non-hydrogen) atoms. The summed E-state index contributed by atoms with van der Waals surface area (Å²) in [6, 6.07) is 0. The van der Waals surface area contributed by atoms with Gasteiger partial charge in [-0.15, -0.1) is 10.2 Å². The van der Waals surface area contributed by atoms with Crippen LogP contribution < -0.4 is 5.32 Å². The molecule has 0 radical (unpaired) electrons. The zero-order chi connectivity index (χ0) is 10.6. The van der Waals surface area contributed by atoms with E-state index in [0.29, 0.717) is 11.8 Å². The Labute approximate surface area is 89.9 Å². The molecule has 0 aromatic carbocycles. The lowest BCUT2D eigenvalue weighted by molar-refractivity contribution is 0.550.